The number of amides is 3. The molecule has 0 spiro atoms. The van der Waals surface area contributed by atoms with Crippen LogP contribution in [0, 0.1) is 5.82 Å². The number of hydrogen-bond acceptors (Lipinski definition) is 3. The molecule has 1 fully saturated rings. The predicted molar refractivity (Wildman–Crippen MR) is 109 cm³/mol. The van der Waals surface area contributed by atoms with Gasteiger partial charge in [-0.15, -0.1) is 0 Å². The summed E-state index contributed by atoms with van der Waals surface area (Å²) in [4.78, 5) is 39.8. The first-order chi connectivity index (χ1) is 14.5. The molecule has 1 atom stereocenters. The van der Waals surface area contributed by atoms with Gasteiger partial charge in [0, 0.05) is 12.0 Å². The molecular weight excluding hydrogens is 383 g/mol. The fourth-order valence-corrected chi connectivity index (χ4v) is 3.68. The van der Waals surface area contributed by atoms with E-state index in [1.165, 1.54) is 24.3 Å². The Bertz CT molecular complexity index is 1080. The highest BCUT2D eigenvalue weighted by molar-refractivity contribution is 6.11. The first kappa shape index (κ1) is 19.5. The van der Waals surface area contributed by atoms with Gasteiger partial charge < -0.3 is 5.32 Å². The number of Topliss-reactive ketones (excluding diaryl/α,β-unsaturated/α-hetero) is 1. The number of ketones is 1. The van der Waals surface area contributed by atoms with Crippen LogP contribution in [-0.4, -0.2) is 29.2 Å². The number of urea groups is 1. The van der Waals surface area contributed by atoms with Gasteiger partial charge in [-0.3, -0.25) is 14.5 Å². The molecule has 4 rings (SSSR count). The first-order valence-electron chi connectivity index (χ1n) is 9.52. The second kappa shape index (κ2) is 7.91. The minimum Gasteiger partial charge on any atom is -0.319 e. The summed E-state index contributed by atoms with van der Waals surface area (Å²) in [6, 6.07) is 22.8. The second-order valence-corrected chi connectivity index (χ2v) is 7.19. The SMILES string of the molecule is O=C(CN1C(=O)N[C@](Cc2ccccc2)(c2ccccc2)C1=O)c1ccc(F)cc1. The Morgan fingerprint density at radius 3 is 2.10 bits per heavy atom. The zero-order valence-electron chi connectivity index (χ0n) is 16.0. The zero-order chi connectivity index (χ0) is 21.1. The fourth-order valence-electron chi connectivity index (χ4n) is 3.68. The Kier molecular flexibility index (Phi) is 5.14. The Hall–Kier alpha value is -3.80. The lowest BCUT2D eigenvalue weighted by Gasteiger charge is -2.27. The summed E-state index contributed by atoms with van der Waals surface area (Å²) >= 11 is 0. The minimum absolute atomic E-state index is 0.234. The van der Waals surface area contributed by atoms with Crippen LogP contribution in [-0.2, 0) is 16.8 Å². The van der Waals surface area contributed by atoms with Crippen LogP contribution in [0.2, 0.25) is 0 Å². The number of benzene rings is 3. The average Bonchev–Trinajstić information content (AvgIpc) is 3.00. The van der Waals surface area contributed by atoms with E-state index in [0.717, 1.165) is 10.5 Å². The highest BCUT2D eigenvalue weighted by Crippen LogP contribution is 2.33. The zero-order valence-corrected chi connectivity index (χ0v) is 16.0. The highest BCUT2D eigenvalue weighted by atomic mass is 19.1. The van der Waals surface area contributed by atoms with Gasteiger partial charge in [-0.25, -0.2) is 9.18 Å². The normalized spacial score (nSPS) is 18.4. The molecule has 0 bridgehead atoms. The molecule has 1 saturated heterocycles. The third kappa shape index (κ3) is 3.59. The summed E-state index contributed by atoms with van der Waals surface area (Å²) in [5, 5.41) is 2.82. The lowest BCUT2D eigenvalue weighted by molar-refractivity contribution is -0.131. The molecule has 0 saturated carbocycles. The van der Waals surface area contributed by atoms with Gasteiger partial charge in [0.15, 0.2) is 11.3 Å². The van der Waals surface area contributed by atoms with E-state index < -0.39 is 35.6 Å². The van der Waals surface area contributed by atoms with Crippen LogP contribution < -0.4 is 5.32 Å². The Morgan fingerprint density at radius 1 is 0.867 bits per heavy atom. The molecular formula is C24H19FN2O3. The van der Waals surface area contributed by atoms with Gasteiger partial charge in [-0.05, 0) is 35.4 Å². The van der Waals surface area contributed by atoms with Gasteiger partial charge >= 0.3 is 6.03 Å². The summed E-state index contributed by atoms with van der Waals surface area (Å²) in [5.41, 5.74) is 0.450. The number of halogens is 1. The summed E-state index contributed by atoms with van der Waals surface area (Å²) < 4.78 is 13.1. The number of imide groups is 1. The molecule has 30 heavy (non-hydrogen) atoms. The van der Waals surface area contributed by atoms with Gasteiger partial charge in [0.1, 0.15) is 5.82 Å². The van der Waals surface area contributed by atoms with E-state index in [1.54, 1.807) is 24.3 Å². The molecule has 1 aliphatic rings. The number of nitrogens with zero attached hydrogens (tertiary/aromatic N) is 1. The second-order valence-electron chi connectivity index (χ2n) is 7.19. The number of nitrogens with one attached hydrogen (secondary N) is 1. The van der Waals surface area contributed by atoms with Crippen molar-refractivity contribution in [2.24, 2.45) is 0 Å². The predicted octanol–water partition coefficient (Wildman–Crippen LogP) is 3.70. The van der Waals surface area contributed by atoms with Gasteiger partial charge in [-0.1, -0.05) is 60.7 Å². The van der Waals surface area contributed by atoms with Crippen LogP contribution in [0.25, 0.3) is 0 Å². The van der Waals surface area contributed by atoms with Crippen LogP contribution in [0.4, 0.5) is 9.18 Å². The van der Waals surface area contributed by atoms with Crippen molar-refractivity contribution in [2.45, 2.75) is 12.0 Å². The van der Waals surface area contributed by atoms with Crippen molar-refractivity contribution in [1.82, 2.24) is 10.2 Å². The van der Waals surface area contributed by atoms with E-state index in [1.807, 2.05) is 36.4 Å². The van der Waals surface area contributed by atoms with Crippen LogP contribution in [0.1, 0.15) is 21.5 Å². The van der Waals surface area contributed by atoms with E-state index in [9.17, 15) is 18.8 Å². The smallest absolute Gasteiger partial charge is 0.319 e. The Labute approximate surface area is 173 Å². The van der Waals surface area contributed by atoms with Crippen molar-refractivity contribution < 1.29 is 18.8 Å². The number of hydrogen-bond donors (Lipinski definition) is 1. The molecule has 3 aromatic carbocycles. The molecule has 150 valence electrons. The topological polar surface area (TPSA) is 66.5 Å². The molecule has 6 heteroatoms. The van der Waals surface area contributed by atoms with E-state index in [0.29, 0.717) is 5.56 Å². The number of carbonyl (C=O) groups excluding carboxylic acids is 3. The van der Waals surface area contributed by atoms with Crippen molar-refractivity contribution in [3.05, 3.63) is 107 Å². The molecule has 0 aliphatic carbocycles. The van der Waals surface area contributed by atoms with E-state index in [2.05, 4.69) is 5.32 Å². The maximum Gasteiger partial charge on any atom is 0.325 e. The third-order valence-corrected chi connectivity index (χ3v) is 5.22. The summed E-state index contributed by atoms with van der Waals surface area (Å²) in [5.74, 6) is -1.40. The maximum absolute atomic E-state index is 13.5. The molecule has 5 nitrogen and oxygen atoms in total. The largest absolute Gasteiger partial charge is 0.325 e. The molecule has 0 radical (unpaired) electrons. The van der Waals surface area contributed by atoms with E-state index >= 15 is 0 Å². The van der Waals surface area contributed by atoms with Gasteiger partial charge in [0.2, 0.25) is 0 Å². The van der Waals surface area contributed by atoms with Crippen molar-refractivity contribution in [3.8, 4) is 0 Å². The minimum atomic E-state index is -1.30. The van der Waals surface area contributed by atoms with Crippen LogP contribution in [0.15, 0.2) is 84.9 Å². The standard InChI is InChI=1S/C24H19FN2O3/c25-20-13-11-18(12-14-20)21(28)16-27-22(29)24(26-23(27)30,19-9-5-2-6-10-19)15-17-7-3-1-4-8-17/h1-14H,15-16H2,(H,26,30)/t24-/m1/s1. The van der Waals surface area contributed by atoms with Crippen molar-refractivity contribution in [2.75, 3.05) is 6.54 Å². The van der Waals surface area contributed by atoms with Gasteiger partial charge in [0.25, 0.3) is 5.91 Å². The molecule has 3 amide bonds. The molecule has 1 N–H and O–H groups in total. The number of carbonyl (C=O) groups is 3. The highest BCUT2D eigenvalue weighted by Gasteiger charge is 2.52. The quantitative estimate of drug-likeness (QED) is 0.505. The molecule has 1 aliphatic heterocycles. The molecule has 0 aromatic heterocycles. The Balaban J connectivity index is 1.67. The lowest BCUT2D eigenvalue weighted by Crippen LogP contribution is -2.46. The van der Waals surface area contributed by atoms with Gasteiger partial charge in [-0.2, -0.15) is 0 Å². The fraction of sp³-hybridized carbons (Fsp3) is 0.125. The lowest BCUT2D eigenvalue weighted by atomic mass is 9.83. The number of rotatable bonds is 6. The van der Waals surface area contributed by atoms with Gasteiger partial charge in [0.05, 0.1) is 6.54 Å². The summed E-state index contributed by atoms with van der Waals surface area (Å²) in [6.07, 6.45) is 0.254. The van der Waals surface area contributed by atoms with Crippen molar-refractivity contribution >= 4 is 17.7 Å². The van der Waals surface area contributed by atoms with Crippen LogP contribution >= 0.6 is 0 Å². The Morgan fingerprint density at radius 2 is 1.47 bits per heavy atom. The van der Waals surface area contributed by atoms with Crippen molar-refractivity contribution in [1.29, 1.82) is 0 Å². The molecule has 0 unspecified atom stereocenters. The van der Waals surface area contributed by atoms with E-state index in [-0.39, 0.29) is 12.0 Å². The van der Waals surface area contributed by atoms with Crippen LogP contribution in [0.3, 0.4) is 0 Å². The summed E-state index contributed by atoms with van der Waals surface area (Å²) in [7, 11) is 0. The first-order valence-corrected chi connectivity index (χ1v) is 9.52. The molecule has 1 heterocycles. The molecule has 3 aromatic rings. The monoisotopic (exact) mass is 402 g/mol. The maximum atomic E-state index is 13.5. The van der Waals surface area contributed by atoms with E-state index in [4.69, 9.17) is 0 Å². The summed E-state index contributed by atoms with van der Waals surface area (Å²) in [6.45, 7) is -0.417. The average molecular weight is 402 g/mol. The third-order valence-electron chi connectivity index (χ3n) is 5.22. The van der Waals surface area contributed by atoms with Crippen molar-refractivity contribution in [3.63, 3.8) is 0 Å². The van der Waals surface area contributed by atoms with Crippen LogP contribution in [0.5, 0.6) is 0 Å².